The molecule has 2 aromatic carbocycles. The molecule has 86 valence electrons. The Kier molecular flexibility index (Phi) is 3.73. The summed E-state index contributed by atoms with van der Waals surface area (Å²) in [4.78, 5) is 10.8. The van der Waals surface area contributed by atoms with Crippen LogP contribution in [-0.2, 0) is 0 Å². The summed E-state index contributed by atoms with van der Waals surface area (Å²) in [5, 5.41) is 0. The summed E-state index contributed by atoms with van der Waals surface area (Å²) >= 11 is 2.15. The van der Waals surface area contributed by atoms with Crippen LogP contribution in [0.15, 0.2) is 42.5 Å². The number of carbonyl (C=O) groups excluding carboxylic acids is 1. The lowest BCUT2D eigenvalue weighted by molar-refractivity contribution is 0.111. The van der Waals surface area contributed by atoms with E-state index >= 15 is 0 Å². The fraction of sp³-hybridized carbons (Fsp3) is 0. The molecule has 0 atom stereocenters. The molecule has 2 nitrogen and oxygen atoms in total. The van der Waals surface area contributed by atoms with Crippen molar-refractivity contribution in [3.05, 3.63) is 57.4 Å². The van der Waals surface area contributed by atoms with Gasteiger partial charge in [0.05, 0.1) is 5.56 Å². The van der Waals surface area contributed by atoms with Gasteiger partial charge in [0.2, 0.25) is 0 Å². The number of ether oxygens (including phenoxy) is 1. The van der Waals surface area contributed by atoms with E-state index in [2.05, 4.69) is 22.6 Å². The summed E-state index contributed by atoms with van der Waals surface area (Å²) in [7, 11) is 0. The largest absolute Gasteiger partial charge is 0.456 e. The fourth-order valence-electron chi connectivity index (χ4n) is 1.38. The molecule has 0 aliphatic carbocycles. The van der Waals surface area contributed by atoms with Crippen molar-refractivity contribution in [2.75, 3.05) is 0 Å². The lowest BCUT2D eigenvalue weighted by atomic mass is 10.2. The summed E-state index contributed by atoms with van der Waals surface area (Å²) in [5.74, 6) is 0.218. The molecule has 17 heavy (non-hydrogen) atoms. The van der Waals surface area contributed by atoms with Gasteiger partial charge in [0, 0.05) is 3.57 Å². The molecule has 0 bridgehead atoms. The third kappa shape index (κ3) is 2.82. The molecule has 0 aliphatic heterocycles. The summed E-state index contributed by atoms with van der Waals surface area (Å²) in [6, 6.07) is 11.6. The zero-order valence-corrected chi connectivity index (χ0v) is 10.8. The van der Waals surface area contributed by atoms with Gasteiger partial charge in [0.15, 0.2) is 6.29 Å². The minimum Gasteiger partial charge on any atom is -0.456 e. The summed E-state index contributed by atoms with van der Waals surface area (Å²) in [5.41, 5.74) is -0.0636. The molecule has 0 saturated carbocycles. The van der Waals surface area contributed by atoms with Crippen LogP contribution in [0.25, 0.3) is 0 Å². The first-order chi connectivity index (χ1) is 8.20. The second-order valence-corrected chi connectivity index (χ2v) is 4.57. The Balaban J connectivity index is 2.36. The Labute approximate surface area is 112 Å². The monoisotopic (exact) mass is 342 g/mol. The maximum absolute atomic E-state index is 13.3. The van der Waals surface area contributed by atoms with Crippen LogP contribution < -0.4 is 4.74 Å². The first-order valence-electron chi connectivity index (χ1n) is 4.88. The zero-order chi connectivity index (χ0) is 12.3. The molecule has 0 unspecified atom stereocenters. The van der Waals surface area contributed by atoms with Crippen LogP contribution in [0, 0.1) is 9.39 Å². The van der Waals surface area contributed by atoms with Crippen LogP contribution in [0.2, 0.25) is 0 Å². The Morgan fingerprint density at radius 2 is 1.94 bits per heavy atom. The summed E-state index contributed by atoms with van der Waals surface area (Å²) < 4.78 is 19.8. The molecule has 4 heteroatoms. The molecular formula is C13H8FIO2. The van der Waals surface area contributed by atoms with Crippen molar-refractivity contribution < 1.29 is 13.9 Å². The van der Waals surface area contributed by atoms with Gasteiger partial charge in [0.1, 0.15) is 17.3 Å². The van der Waals surface area contributed by atoms with Gasteiger partial charge in [-0.3, -0.25) is 4.79 Å². The highest BCUT2D eigenvalue weighted by molar-refractivity contribution is 14.1. The minimum atomic E-state index is -0.580. The molecule has 0 saturated heterocycles. The molecule has 2 aromatic rings. The Morgan fingerprint density at radius 3 is 2.65 bits per heavy atom. The molecule has 0 fully saturated rings. The van der Waals surface area contributed by atoms with Crippen molar-refractivity contribution in [1.29, 1.82) is 0 Å². The van der Waals surface area contributed by atoms with Crippen molar-refractivity contribution in [2.45, 2.75) is 0 Å². The normalized spacial score (nSPS) is 10.0. The van der Waals surface area contributed by atoms with E-state index in [9.17, 15) is 9.18 Å². The Bertz CT molecular complexity index is 555. The predicted octanol–water partition coefficient (Wildman–Crippen LogP) is 4.04. The van der Waals surface area contributed by atoms with Crippen molar-refractivity contribution in [2.24, 2.45) is 0 Å². The summed E-state index contributed by atoms with van der Waals surface area (Å²) in [6.07, 6.45) is 0.457. The summed E-state index contributed by atoms with van der Waals surface area (Å²) in [6.45, 7) is 0. The predicted molar refractivity (Wildman–Crippen MR) is 71.0 cm³/mol. The van der Waals surface area contributed by atoms with Gasteiger partial charge >= 0.3 is 0 Å². The highest BCUT2D eigenvalue weighted by Gasteiger charge is 2.09. The van der Waals surface area contributed by atoms with E-state index in [4.69, 9.17) is 4.74 Å². The standard InChI is InChI=1S/C13H8FIO2/c14-12-5-2-6-13(11(12)8-16)17-10-4-1-3-9(15)7-10/h1-8H. The van der Waals surface area contributed by atoms with E-state index in [0.29, 0.717) is 12.0 Å². The fourth-order valence-corrected chi connectivity index (χ4v) is 1.89. The lowest BCUT2D eigenvalue weighted by Gasteiger charge is -2.08. The molecule has 0 heterocycles. The Morgan fingerprint density at radius 1 is 1.18 bits per heavy atom. The molecule has 2 rings (SSSR count). The maximum Gasteiger partial charge on any atom is 0.156 e. The second kappa shape index (κ2) is 5.27. The van der Waals surface area contributed by atoms with Gasteiger partial charge in [0.25, 0.3) is 0 Å². The van der Waals surface area contributed by atoms with Gasteiger partial charge < -0.3 is 4.74 Å². The molecular weight excluding hydrogens is 334 g/mol. The van der Waals surface area contributed by atoms with E-state index in [1.54, 1.807) is 18.2 Å². The average Bonchev–Trinajstić information content (AvgIpc) is 2.29. The van der Waals surface area contributed by atoms with Crippen molar-refractivity contribution >= 4 is 28.9 Å². The number of benzene rings is 2. The topological polar surface area (TPSA) is 26.3 Å². The molecule has 0 aromatic heterocycles. The van der Waals surface area contributed by atoms with Crippen molar-refractivity contribution in [1.82, 2.24) is 0 Å². The van der Waals surface area contributed by atoms with Crippen LogP contribution in [0.5, 0.6) is 11.5 Å². The third-order valence-corrected chi connectivity index (χ3v) is 2.83. The first kappa shape index (κ1) is 12.0. The Hall–Kier alpha value is -1.43. The quantitative estimate of drug-likeness (QED) is 0.622. The number of aldehydes is 1. The molecule has 0 aliphatic rings. The molecule has 0 spiro atoms. The van der Waals surface area contributed by atoms with E-state index in [1.807, 2.05) is 12.1 Å². The van der Waals surface area contributed by atoms with Crippen LogP contribution in [0.1, 0.15) is 10.4 Å². The zero-order valence-electron chi connectivity index (χ0n) is 8.69. The second-order valence-electron chi connectivity index (χ2n) is 3.33. The SMILES string of the molecule is O=Cc1c(F)cccc1Oc1cccc(I)c1. The number of hydrogen-bond acceptors (Lipinski definition) is 2. The highest BCUT2D eigenvalue weighted by Crippen LogP contribution is 2.26. The van der Waals surface area contributed by atoms with E-state index in [0.717, 1.165) is 3.57 Å². The van der Waals surface area contributed by atoms with E-state index in [1.165, 1.54) is 12.1 Å². The lowest BCUT2D eigenvalue weighted by Crippen LogP contribution is -1.94. The van der Waals surface area contributed by atoms with Crippen LogP contribution in [0.4, 0.5) is 4.39 Å². The van der Waals surface area contributed by atoms with Crippen molar-refractivity contribution in [3.63, 3.8) is 0 Å². The smallest absolute Gasteiger partial charge is 0.156 e. The van der Waals surface area contributed by atoms with E-state index < -0.39 is 5.82 Å². The van der Waals surface area contributed by atoms with Crippen LogP contribution >= 0.6 is 22.6 Å². The van der Waals surface area contributed by atoms with Crippen LogP contribution in [-0.4, -0.2) is 6.29 Å². The molecule has 0 N–H and O–H groups in total. The van der Waals surface area contributed by atoms with Crippen molar-refractivity contribution in [3.8, 4) is 11.5 Å². The van der Waals surface area contributed by atoms with Gasteiger partial charge in [-0.05, 0) is 52.9 Å². The molecule has 0 radical (unpaired) electrons. The average molecular weight is 342 g/mol. The maximum atomic E-state index is 13.3. The number of halogens is 2. The molecule has 0 amide bonds. The number of carbonyl (C=O) groups is 1. The number of rotatable bonds is 3. The van der Waals surface area contributed by atoms with Gasteiger partial charge in [-0.15, -0.1) is 0 Å². The van der Waals surface area contributed by atoms with Gasteiger partial charge in [-0.25, -0.2) is 4.39 Å². The third-order valence-electron chi connectivity index (χ3n) is 2.15. The number of hydrogen-bond donors (Lipinski definition) is 0. The minimum absolute atomic E-state index is 0.0636. The van der Waals surface area contributed by atoms with Gasteiger partial charge in [-0.2, -0.15) is 0 Å². The van der Waals surface area contributed by atoms with Gasteiger partial charge in [-0.1, -0.05) is 12.1 Å². The highest BCUT2D eigenvalue weighted by atomic mass is 127. The van der Waals surface area contributed by atoms with E-state index in [-0.39, 0.29) is 11.3 Å². The van der Waals surface area contributed by atoms with Crippen LogP contribution in [0.3, 0.4) is 0 Å². The first-order valence-corrected chi connectivity index (χ1v) is 5.95.